The Morgan fingerprint density at radius 3 is 2.67 bits per heavy atom. The Bertz CT molecular complexity index is 794. The third kappa shape index (κ3) is 2.45. The number of nitrogens with zero attached hydrogens (tertiary/aromatic N) is 3. The molecule has 21 heavy (non-hydrogen) atoms. The number of aromatic nitrogens is 3. The van der Waals surface area contributed by atoms with Crippen molar-refractivity contribution >= 4 is 21.7 Å². The molecule has 0 unspecified atom stereocenters. The van der Waals surface area contributed by atoms with Crippen LogP contribution >= 0.6 is 15.9 Å². The van der Waals surface area contributed by atoms with Gasteiger partial charge in [-0.25, -0.2) is 0 Å². The third-order valence-corrected chi connectivity index (χ3v) is 4.36. The molecular formula is C16H15BrN4. The van der Waals surface area contributed by atoms with Crippen LogP contribution in [-0.4, -0.2) is 14.8 Å². The summed E-state index contributed by atoms with van der Waals surface area (Å²) in [6.07, 6.45) is 3.56. The Morgan fingerprint density at radius 2 is 2.00 bits per heavy atom. The molecule has 1 aromatic carbocycles. The summed E-state index contributed by atoms with van der Waals surface area (Å²) < 4.78 is 2.78. The molecule has 0 aliphatic carbocycles. The van der Waals surface area contributed by atoms with Crippen molar-refractivity contribution in [3.63, 3.8) is 0 Å². The smallest absolute Gasteiger partial charge is 0.129 e. The summed E-state index contributed by atoms with van der Waals surface area (Å²) in [5.74, 6) is 0.638. The Balaban J connectivity index is 2.24. The summed E-state index contributed by atoms with van der Waals surface area (Å²) in [5.41, 5.74) is 11.2. The zero-order chi connectivity index (χ0) is 15.0. The van der Waals surface area contributed by atoms with Gasteiger partial charge in [-0.05, 0) is 30.7 Å². The highest BCUT2D eigenvalue weighted by Crippen LogP contribution is 2.36. The van der Waals surface area contributed by atoms with Gasteiger partial charge in [0.25, 0.3) is 0 Å². The van der Waals surface area contributed by atoms with Crippen molar-refractivity contribution in [2.45, 2.75) is 6.92 Å². The monoisotopic (exact) mass is 342 g/mol. The molecule has 0 aliphatic heterocycles. The third-order valence-electron chi connectivity index (χ3n) is 3.47. The molecule has 106 valence electrons. The SMILES string of the molecule is Cc1cc(-c2nn(C)c(N)c2-c2cccnc2)ccc1Br. The summed E-state index contributed by atoms with van der Waals surface area (Å²) >= 11 is 3.52. The Kier molecular flexibility index (Phi) is 3.51. The van der Waals surface area contributed by atoms with Gasteiger partial charge < -0.3 is 5.73 Å². The fourth-order valence-electron chi connectivity index (χ4n) is 2.33. The van der Waals surface area contributed by atoms with Crippen molar-refractivity contribution in [2.24, 2.45) is 7.05 Å². The van der Waals surface area contributed by atoms with Gasteiger partial charge >= 0.3 is 0 Å². The molecule has 0 bridgehead atoms. The number of nitrogens with two attached hydrogens (primary N) is 1. The van der Waals surface area contributed by atoms with Crippen molar-refractivity contribution in [1.82, 2.24) is 14.8 Å². The van der Waals surface area contributed by atoms with Gasteiger partial charge in [0, 0.05) is 35.0 Å². The quantitative estimate of drug-likeness (QED) is 0.770. The van der Waals surface area contributed by atoms with Gasteiger partial charge in [-0.1, -0.05) is 28.1 Å². The zero-order valence-corrected chi connectivity index (χ0v) is 13.4. The molecule has 2 heterocycles. The molecule has 0 radical (unpaired) electrons. The van der Waals surface area contributed by atoms with Gasteiger partial charge in [0.15, 0.2) is 0 Å². The maximum atomic E-state index is 6.20. The molecule has 2 N–H and O–H groups in total. The molecule has 3 aromatic rings. The van der Waals surface area contributed by atoms with E-state index in [1.165, 1.54) is 0 Å². The highest BCUT2D eigenvalue weighted by atomic mass is 79.9. The van der Waals surface area contributed by atoms with Crippen LogP contribution in [0.1, 0.15) is 5.56 Å². The lowest BCUT2D eigenvalue weighted by atomic mass is 10.0. The lowest BCUT2D eigenvalue weighted by molar-refractivity contribution is 0.782. The second-order valence-electron chi connectivity index (χ2n) is 4.94. The normalized spacial score (nSPS) is 10.8. The first kappa shape index (κ1) is 13.8. The van der Waals surface area contributed by atoms with E-state index >= 15 is 0 Å². The number of hydrogen-bond acceptors (Lipinski definition) is 3. The number of rotatable bonds is 2. The predicted octanol–water partition coefficient (Wildman–Crippen LogP) is 3.80. The van der Waals surface area contributed by atoms with Crippen LogP contribution in [0.15, 0.2) is 47.2 Å². The second kappa shape index (κ2) is 5.33. The summed E-state index contributed by atoms with van der Waals surface area (Å²) in [6, 6.07) is 10.1. The van der Waals surface area contributed by atoms with Crippen molar-refractivity contribution in [2.75, 3.05) is 5.73 Å². The number of pyridine rings is 1. The van der Waals surface area contributed by atoms with Crippen molar-refractivity contribution < 1.29 is 0 Å². The van der Waals surface area contributed by atoms with Crippen LogP contribution in [0, 0.1) is 6.92 Å². The summed E-state index contributed by atoms with van der Waals surface area (Å²) in [4.78, 5) is 4.18. The molecule has 0 spiro atoms. The van der Waals surface area contributed by atoms with Crippen LogP contribution in [0.4, 0.5) is 5.82 Å². The molecule has 4 nitrogen and oxygen atoms in total. The topological polar surface area (TPSA) is 56.7 Å². The van der Waals surface area contributed by atoms with E-state index in [1.807, 2.05) is 37.5 Å². The van der Waals surface area contributed by atoms with Gasteiger partial charge in [-0.2, -0.15) is 5.10 Å². The number of hydrogen-bond donors (Lipinski definition) is 1. The summed E-state index contributed by atoms with van der Waals surface area (Å²) in [7, 11) is 1.85. The molecule has 3 rings (SSSR count). The van der Waals surface area contributed by atoms with Crippen molar-refractivity contribution in [3.05, 3.63) is 52.8 Å². The van der Waals surface area contributed by atoms with E-state index in [2.05, 4.69) is 39.0 Å². The molecule has 0 fully saturated rings. The van der Waals surface area contributed by atoms with Gasteiger partial charge in [-0.15, -0.1) is 0 Å². The average molecular weight is 343 g/mol. The van der Waals surface area contributed by atoms with E-state index in [-0.39, 0.29) is 0 Å². The number of benzene rings is 1. The summed E-state index contributed by atoms with van der Waals surface area (Å²) in [6.45, 7) is 2.06. The van der Waals surface area contributed by atoms with Gasteiger partial charge in [0.05, 0.1) is 5.56 Å². The first-order valence-electron chi connectivity index (χ1n) is 6.57. The molecular weight excluding hydrogens is 328 g/mol. The molecule has 5 heteroatoms. The average Bonchev–Trinajstić information content (AvgIpc) is 2.79. The Labute approximate surface area is 131 Å². The maximum absolute atomic E-state index is 6.20. The van der Waals surface area contributed by atoms with E-state index in [0.29, 0.717) is 5.82 Å². The standard InChI is InChI=1S/C16H15BrN4/c1-10-8-11(5-6-13(10)17)15-14(16(18)21(2)20-15)12-4-3-7-19-9-12/h3-9H,18H2,1-2H3. The molecule has 0 saturated carbocycles. The van der Waals surface area contributed by atoms with E-state index < -0.39 is 0 Å². The van der Waals surface area contributed by atoms with E-state index in [4.69, 9.17) is 5.73 Å². The van der Waals surface area contributed by atoms with Gasteiger partial charge in [0.1, 0.15) is 11.5 Å². The Hall–Kier alpha value is -2.14. The predicted molar refractivity (Wildman–Crippen MR) is 88.7 cm³/mol. The number of halogens is 1. The second-order valence-corrected chi connectivity index (χ2v) is 5.79. The number of anilines is 1. The largest absolute Gasteiger partial charge is 0.383 e. The lowest BCUT2D eigenvalue weighted by Crippen LogP contribution is -1.98. The molecule has 0 saturated heterocycles. The Morgan fingerprint density at radius 1 is 1.19 bits per heavy atom. The minimum absolute atomic E-state index is 0.638. The molecule has 2 aromatic heterocycles. The van der Waals surface area contributed by atoms with Crippen LogP contribution in [0.2, 0.25) is 0 Å². The lowest BCUT2D eigenvalue weighted by Gasteiger charge is -2.05. The van der Waals surface area contributed by atoms with Crippen molar-refractivity contribution in [3.8, 4) is 22.4 Å². The minimum atomic E-state index is 0.638. The fourth-order valence-corrected chi connectivity index (χ4v) is 2.57. The highest BCUT2D eigenvalue weighted by Gasteiger charge is 2.17. The summed E-state index contributed by atoms with van der Waals surface area (Å²) in [5, 5.41) is 4.58. The van der Waals surface area contributed by atoms with E-state index in [0.717, 1.165) is 32.4 Å². The van der Waals surface area contributed by atoms with Gasteiger partial charge in [0.2, 0.25) is 0 Å². The first-order chi connectivity index (χ1) is 10.1. The van der Waals surface area contributed by atoms with Crippen LogP contribution in [0.25, 0.3) is 22.4 Å². The van der Waals surface area contributed by atoms with E-state index in [9.17, 15) is 0 Å². The highest BCUT2D eigenvalue weighted by molar-refractivity contribution is 9.10. The number of nitrogen functional groups attached to an aromatic ring is 1. The zero-order valence-electron chi connectivity index (χ0n) is 11.8. The van der Waals surface area contributed by atoms with Gasteiger partial charge in [-0.3, -0.25) is 9.67 Å². The fraction of sp³-hybridized carbons (Fsp3) is 0.125. The van der Waals surface area contributed by atoms with Crippen LogP contribution in [0.3, 0.4) is 0 Å². The van der Waals surface area contributed by atoms with E-state index in [1.54, 1.807) is 10.9 Å². The minimum Gasteiger partial charge on any atom is -0.383 e. The number of aryl methyl sites for hydroxylation is 2. The molecule has 0 aliphatic rings. The van der Waals surface area contributed by atoms with Crippen LogP contribution < -0.4 is 5.73 Å². The molecule has 0 atom stereocenters. The van der Waals surface area contributed by atoms with Crippen LogP contribution in [0.5, 0.6) is 0 Å². The van der Waals surface area contributed by atoms with Crippen molar-refractivity contribution in [1.29, 1.82) is 0 Å². The first-order valence-corrected chi connectivity index (χ1v) is 7.36. The maximum Gasteiger partial charge on any atom is 0.129 e. The molecule has 0 amide bonds. The van der Waals surface area contributed by atoms with Crippen LogP contribution in [-0.2, 0) is 7.05 Å².